The summed E-state index contributed by atoms with van der Waals surface area (Å²) >= 11 is 0. The first-order valence-corrected chi connectivity index (χ1v) is 11.6. The van der Waals surface area contributed by atoms with Crippen LogP contribution in [-0.4, -0.2) is 24.6 Å². The maximum Gasteiger partial charge on any atom is 0.306 e. The molecule has 0 heterocycles. The number of rotatable bonds is 18. The molecule has 1 saturated carbocycles. The van der Waals surface area contributed by atoms with Crippen LogP contribution in [0.1, 0.15) is 122 Å². The molecule has 27 heavy (non-hydrogen) atoms. The van der Waals surface area contributed by atoms with Gasteiger partial charge < -0.3 is 9.47 Å². The van der Waals surface area contributed by atoms with Gasteiger partial charge in [0.25, 0.3) is 0 Å². The molecule has 0 aromatic carbocycles. The van der Waals surface area contributed by atoms with E-state index < -0.39 is 0 Å². The lowest BCUT2D eigenvalue weighted by atomic mass is 9.96. The summed E-state index contributed by atoms with van der Waals surface area (Å²) in [7, 11) is 0. The Bertz CT molecular complexity index is 377. The predicted octanol–water partition coefficient (Wildman–Crippen LogP) is 6.50. The summed E-state index contributed by atoms with van der Waals surface area (Å²) in [5.74, 6) is -0.544. The number of carbonyl (C=O) groups excluding carboxylic acids is 2. The van der Waals surface area contributed by atoms with E-state index >= 15 is 0 Å². The normalized spacial score (nSPS) is 14.0. The first kappa shape index (κ1) is 24.0. The summed E-state index contributed by atoms with van der Waals surface area (Å²) in [5, 5.41) is 0. The highest BCUT2D eigenvalue weighted by molar-refractivity contribution is 5.77. The lowest BCUT2D eigenvalue weighted by molar-refractivity contribution is -0.156. The number of hydrogen-bond donors (Lipinski definition) is 0. The van der Waals surface area contributed by atoms with Crippen molar-refractivity contribution in [1.82, 2.24) is 0 Å². The van der Waals surface area contributed by atoms with Crippen LogP contribution >= 0.6 is 0 Å². The van der Waals surface area contributed by atoms with E-state index in [9.17, 15) is 9.59 Å². The van der Waals surface area contributed by atoms with Crippen LogP contribution in [0.3, 0.4) is 0 Å². The van der Waals surface area contributed by atoms with E-state index in [0.29, 0.717) is 6.61 Å². The molecule has 0 aromatic heterocycles. The highest BCUT2D eigenvalue weighted by atomic mass is 16.5. The molecule has 1 fully saturated rings. The van der Waals surface area contributed by atoms with Gasteiger partial charge in [-0.3, -0.25) is 9.59 Å². The van der Waals surface area contributed by atoms with Crippen LogP contribution in [0, 0.1) is 0 Å². The summed E-state index contributed by atoms with van der Waals surface area (Å²) in [6.07, 6.45) is 20.4. The van der Waals surface area contributed by atoms with Crippen molar-refractivity contribution in [2.24, 2.45) is 0 Å². The standard InChI is InChI=1S/C23H42O4/c1-2-3-4-5-6-7-8-9-10-11-12-13-14-20-26-22(24)18-19-23(25)27-21-16-15-17-21/h21H,2-20H2,1H3. The highest BCUT2D eigenvalue weighted by Gasteiger charge is 2.21. The Morgan fingerprint density at radius 2 is 1.19 bits per heavy atom. The zero-order chi connectivity index (χ0) is 19.6. The molecule has 1 aliphatic carbocycles. The van der Waals surface area contributed by atoms with E-state index in [-0.39, 0.29) is 30.9 Å². The summed E-state index contributed by atoms with van der Waals surface area (Å²) < 4.78 is 10.4. The van der Waals surface area contributed by atoms with Gasteiger partial charge in [0.2, 0.25) is 0 Å². The zero-order valence-corrected chi connectivity index (χ0v) is 17.6. The maximum absolute atomic E-state index is 11.6. The second kappa shape index (κ2) is 17.1. The average Bonchev–Trinajstić information content (AvgIpc) is 2.63. The molecular formula is C23H42O4. The van der Waals surface area contributed by atoms with Crippen LogP contribution < -0.4 is 0 Å². The predicted molar refractivity (Wildman–Crippen MR) is 110 cm³/mol. The van der Waals surface area contributed by atoms with E-state index in [4.69, 9.17) is 9.47 Å². The third-order valence-corrected chi connectivity index (χ3v) is 5.39. The molecule has 4 heteroatoms. The van der Waals surface area contributed by atoms with Crippen LogP contribution in [0.25, 0.3) is 0 Å². The molecular weight excluding hydrogens is 340 g/mol. The number of unbranched alkanes of at least 4 members (excludes halogenated alkanes) is 12. The third kappa shape index (κ3) is 14.6. The second-order valence-electron chi connectivity index (χ2n) is 8.01. The van der Waals surface area contributed by atoms with Crippen molar-refractivity contribution < 1.29 is 19.1 Å². The number of carbonyl (C=O) groups is 2. The van der Waals surface area contributed by atoms with E-state index in [1.807, 2.05) is 0 Å². The van der Waals surface area contributed by atoms with E-state index in [2.05, 4.69) is 6.92 Å². The molecule has 0 unspecified atom stereocenters. The summed E-state index contributed by atoms with van der Waals surface area (Å²) in [6, 6.07) is 0. The Morgan fingerprint density at radius 1 is 0.704 bits per heavy atom. The van der Waals surface area contributed by atoms with Crippen LogP contribution in [0.4, 0.5) is 0 Å². The molecule has 0 spiro atoms. The Balaban J connectivity index is 1.75. The first-order chi connectivity index (χ1) is 13.2. The van der Waals surface area contributed by atoms with E-state index in [1.54, 1.807) is 0 Å². The van der Waals surface area contributed by atoms with Gasteiger partial charge in [-0.05, 0) is 25.7 Å². The maximum atomic E-state index is 11.6. The molecule has 0 atom stereocenters. The average molecular weight is 383 g/mol. The lowest BCUT2D eigenvalue weighted by Crippen LogP contribution is -2.25. The van der Waals surface area contributed by atoms with Crippen molar-refractivity contribution >= 4 is 11.9 Å². The van der Waals surface area contributed by atoms with Crippen LogP contribution in [0.2, 0.25) is 0 Å². The Morgan fingerprint density at radius 3 is 1.67 bits per heavy atom. The molecule has 158 valence electrons. The van der Waals surface area contributed by atoms with E-state index in [0.717, 1.165) is 32.1 Å². The molecule has 0 bridgehead atoms. The molecule has 0 amide bonds. The summed E-state index contributed by atoms with van der Waals surface area (Å²) in [6.45, 7) is 2.74. The first-order valence-electron chi connectivity index (χ1n) is 11.6. The fourth-order valence-electron chi connectivity index (χ4n) is 3.32. The monoisotopic (exact) mass is 382 g/mol. The van der Waals surface area contributed by atoms with Gasteiger partial charge in [0.05, 0.1) is 19.4 Å². The molecule has 0 aliphatic heterocycles. The van der Waals surface area contributed by atoms with Crippen molar-refractivity contribution in [2.75, 3.05) is 6.61 Å². The van der Waals surface area contributed by atoms with Crippen molar-refractivity contribution in [1.29, 1.82) is 0 Å². The smallest absolute Gasteiger partial charge is 0.306 e. The largest absolute Gasteiger partial charge is 0.466 e. The minimum absolute atomic E-state index is 0.0966. The molecule has 0 radical (unpaired) electrons. The molecule has 0 aromatic rings. The van der Waals surface area contributed by atoms with Crippen molar-refractivity contribution in [3.05, 3.63) is 0 Å². The molecule has 0 N–H and O–H groups in total. The van der Waals surface area contributed by atoms with Crippen molar-refractivity contribution in [2.45, 2.75) is 129 Å². The van der Waals surface area contributed by atoms with Gasteiger partial charge >= 0.3 is 11.9 Å². The Labute approximate surface area is 166 Å². The molecule has 0 saturated heterocycles. The zero-order valence-electron chi connectivity index (χ0n) is 17.6. The molecule has 4 nitrogen and oxygen atoms in total. The van der Waals surface area contributed by atoms with Crippen molar-refractivity contribution in [3.63, 3.8) is 0 Å². The quantitative estimate of drug-likeness (QED) is 0.201. The van der Waals surface area contributed by atoms with Gasteiger partial charge in [-0.2, -0.15) is 0 Å². The summed E-state index contributed by atoms with van der Waals surface area (Å²) in [5.41, 5.74) is 0. The molecule has 1 rings (SSSR count). The number of esters is 2. The van der Waals surface area contributed by atoms with Crippen LogP contribution in [0.15, 0.2) is 0 Å². The molecule has 1 aliphatic rings. The minimum atomic E-state index is -0.278. The SMILES string of the molecule is CCCCCCCCCCCCCCCOC(=O)CCC(=O)OC1CCC1. The van der Waals surface area contributed by atoms with Gasteiger partial charge in [0.15, 0.2) is 0 Å². The van der Waals surface area contributed by atoms with Crippen LogP contribution in [-0.2, 0) is 19.1 Å². The van der Waals surface area contributed by atoms with Crippen LogP contribution in [0.5, 0.6) is 0 Å². The van der Waals surface area contributed by atoms with Gasteiger partial charge in [-0.25, -0.2) is 0 Å². The summed E-state index contributed by atoms with van der Waals surface area (Å²) in [4.78, 5) is 23.1. The number of hydrogen-bond acceptors (Lipinski definition) is 4. The van der Waals surface area contributed by atoms with Gasteiger partial charge in [-0.15, -0.1) is 0 Å². The van der Waals surface area contributed by atoms with Crippen molar-refractivity contribution in [3.8, 4) is 0 Å². The Hall–Kier alpha value is -1.06. The topological polar surface area (TPSA) is 52.6 Å². The fraction of sp³-hybridized carbons (Fsp3) is 0.913. The fourth-order valence-corrected chi connectivity index (χ4v) is 3.32. The Kier molecular flexibility index (Phi) is 15.2. The third-order valence-electron chi connectivity index (χ3n) is 5.39. The number of ether oxygens (including phenoxy) is 2. The lowest BCUT2D eigenvalue weighted by Gasteiger charge is -2.24. The van der Waals surface area contributed by atoms with Gasteiger partial charge in [-0.1, -0.05) is 84.0 Å². The second-order valence-corrected chi connectivity index (χ2v) is 8.01. The highest BCUT2D eigenvalue weighted by Crippen LogP contribution is 2.22. The minimum Gasteiger partial charge on any atom is -0.466 e. The van der Waals surface area contributed by atoms with Gasteiger partial charge in [0, 0.05) is 0 Å². The van der Waals surface area contributed by atoms with E-state index in [1.165, 1.54) is 70.6 Å². The van der Waals surface area contributed by atoms with Gasteiger partial charge in [0.1, 0.15) is 6.10 Å².